The zero-order valence-electron chi connectivity index (χ0n) is 15.0. The Bertz CT molecular complexity index is 885. The summed E-state index contributed by atoms with van der Waals surface area (Å²) in [5.74, 6) is 1.83. The Balaban J connectivity index is 1.47. The van der Waals surface area contributed by atoms with Gasteiger partial charge < -0.3 is 14.6 Å². The van der Waals surface area contributed by atoms with Gasteiger partial charge in [-0.3, -0.25) is 9.88 Å². The number of phenolic OH excluding ortho intramolecular Hbond substituents is 1. The van der Waals surface area contributed by atoms with E-state index in [4.69, 9.17) is 9.47 Å². The fourth-order valence-electron chi connectivity index (χ4n) is 3.28. The molecule has 1 fully saturated rings. The molecule has 0 radical (unpaired) electrons. The van der Waals surface area contributed by atoms with Crippen molar-refractivity contribution in [2.75, 3.05) is 19.7 Å². The van der Waals surface area contributed by atoms with Gasteiger partial charge in [-0.25, -0.2) is 0 Å². The van der Waals surface area contributed by atoms with Gasteiger partial charge >= 0.3 is 0 Å². The lowest BCUT2D eigenvalue weighted by molar-refractivity contribution is -0.0331. The summed E-state index contributed by atoms with van der Waals surface area (Å²) in [6.07, 6.45) is 3.40. The van der Waals surface area contributed by atoms with Crippen molar-refractivity contribution in [2.45, 2.75) is 12.6 Å². The number of hydrogen-bond acceptors (Lipinski definition) is 5. The normalized spacial score (nSPS) is 17.6. The molecule has 1 saturated heterocycles. The topological polar surface area (TPSA) is 54.8 Å². The number of benzene rings is 2. The quantitative estimate of drug-likeness (QED) is 0.739. The van der Waals surface area contributed by atoms with E-state index in [1.807, 2.05) is 42.5 Å². The first kappa shape index (κ1) is 17.5. The molecule has 4 rings (SSSR count). The fraction of sp³-hybridized carbons (Fsp3) is 0.227. The number of nitrogens with zero attached hydrogens (tertiary/aromatic N) is 2. The summed E-state index contributed by atoms with van der Waals surface area (Å²) in [4.78, 5) is 6.46. The van der Waals surface area contributed by atoms with Crippen LogP contribution in [0.3, 0.4) is 0 Å². The Hall–Kier alpha value is -2.89. The highest BCUT2D eigenvalue weighted by Crippen LogP contribution is 2.29. The molecule has 27 heavy (non-hydrogen) atoms. The number of rotatable bonds is 5. The molecule has 0 aliphatic carbocycles. The highest BCUT2D eigenvalue weighted by molar-refractivity contribution is 5.37. The number of pyridine rings is 1. The second-order valence-corrected chi connectivity index (χ2v) is 6.59. The Morgan fingerprint density at radius 2 is 2.04 bits per heavy atom. The molecule has 138 valence electrons. The molecule has 0 saturated carbocycles. The maximum absolute atomic E-state index is 9.73. The molecule has 0 amide bonds. The van der Waals surface area contributed by atoms with Crippen molar-refractivity contribution < 1.29 is 14.6 Å². The number of morpholine rings is 1. The van der Waals surface area contributed by atoms with Gasteiger partial charge in [0.2, 0.25) is 0 Å². The van der Waals surface area contributed by atoms with Crippen LogP contribution in [0.5, 0.6) is 17.2 Å². The summed E-state index contributed by atoms with van der Waals surface area (Å²) < 4.78 is 11.9. The molecule has 0 bridgehead atoms. The van der Waals surface area contributed by atoms with E-state index in [2.05, 4.69) is 16.0 Å². The molecule has 1 aliphatic rings. The minimum atomic E-state index is -0.0442. The van der Waals surface area contributed by atoms with Crippen LogP contribution in [-0.2, 0) is 11.3 Å². The van der Waals surface area contributed by atoms with E-state index in [-0.39, 0.29) is 11.9 Å². The number of para-hydroxylation sites is 1. The number of ether oxygens (including phenoxy) is 2. The van der Waals surface area contributed by atoms with Crippen molar-refractivity contribution in [3.8, 4) is 17.2 Å². The maximum atomic E-state index is 9.73. The molecule has 3 aromatic rings. The van der Waals surface area contributed by atoms with Crippen LogP contribution < -0.4 is 4.74 Å². The highest BCUT2D eigenvalue weighted by Gasteiger charge is 2.23. The third-order valence-electron chi connectivity index (χ3n) is 4.62. The van der Waals surface area contributed by atoms with Crippen molar-refractivity contribution in [1.29, 1.82) is 0 Å². The lowest BCUT2D eigenvalue weighted by Crippen LogP contribution is -2.37. The molecule has 0 spiro atoms. The van der Waals surface area contributed by atoms with Crippen molar-refractivity contribution in [3.63, 3.8) is 0 Å². The van der Waals surface area contributed by atoms with E-state index in [0.717, 1.165) is 42.3 Å². The molecule has 1 unspecified atom stereocenters. The summed E-state index contributed by atoms with van der Waals surface area (Å²) in [5, 5.41) is 9.73. The van der Waals surface area contributed by atoms with E-state index in [0.29, 0.717) is 6.61 Å². The summed E-state index contributed by atoms with van der Waals surface area (Å²) in [6.45, 7) is 3.06. The average Bonchev–Trinajstić information content (AvgIpc) is 2.71. The Kier molecular flexibility index (Phi) is 5.32. The fourth-order valence-corrected chi connectivity index (χ4v) is 3.28. The first-order chi connectivity index (χ1) is 13.3. The van der Waals surface area contributed by atoms with Crippen molar-refractivity contribution in [1.82, 2.24) is 9.88 Å². The van der Waals surface area contributed by atoms with Gasteiger partial charge in [0, 0.05) is 31.4 Å². The molecule has 2 heterocycles. The van der Waals surface area contributed by atoms with Crippen LogP contribution in [0, 0.1) is 0 Å². The third kappa shape index (κ3) is 4.45. The molecule has 5 heteroatoms. The minimum absolute atomic E-state index is 0.0442. The standard InChI is InChI=1S/C22H22N2O3/c25-19-7-3-6-17(13-19)22-16-24(11-12-26-22)15-18-5-1-2-9-21(18)27-20-8-4-10-23-14-20/h1-10,13-14,22,25H,11-12,15-16H2. The first-order valence-electron chi connectivity index (χ1n) is 9.06. The molecule has 2 aromatic carbocycles. The Morgan fingerprint density at radius 1 is 1.11 bits per heavy atom. The lowest BCUT2D eigenvalue weighted by atomic mass is 10.1. The monoisotopic (exact) mass is 362 g/mol. The van der Waals surface area contributed by atoms with Gasteiger partial charge in [-0.05, 0) is 35.9 Å². The van der Waals surface area contributed by atoms with Crippen molar-refractivity contribution >= 4 is 0 Å². The molecular formula is C22H22N2O3. The number of hydrogen-bond donors (Lipinski definition) is 1. The molecule has 1 N–H and O–H groups in total. The van der Waals surface area contributed by atoms with Crippen LogP contribution in [0.25, 0.3) is 0 Å². The molecule has 1 aliphatic heterocycles. The van der Waals surface area contributed by atoms with Gasteiger partial charge in [0.25, 0.3) is 0 Å². The second kappa shape index (κ2) is 8.20. The predicted molar refractivity (Wildman–Crippen MR) is 103 cm³/mol. The molecule has 1 atom stereocenters. The SMILES string of the molecule is Oc1cccc(C2CN(Cc3ccccc3Oc3cccnc3)CCO2)c1. The second-order valence-electron chi connectivity index (χ2n) is 6.59. The van der Waals surface area contributed by atoms with Crippen LogP contribution in [0.15, 0.2) is 73.1 Å². The Morgan fingerprint density at radius 3 is 2.89 bits per heavy atom. The van der Waals surface area contributed by atoms with Gasteiger partial charge in [-0.2, -0.15) is 0 Å². The highest BCUT2D eigenvalue weighted by atomic mass is 16.5. The zero-order valence-corrected chi connectivity index (χ0v) is 15.0. The molecule has 1 aromatic heterocycles. The van der Waals surface area contributed by atoms with Crippen LogP contribution >= 0.6 is 0 Å². The average molecular weight is 362 g/mol. The van der Waals surface area contributed by atoms with Crippen LogP contribution in [-0.4, -0.2) is 34.7 Å². The van der Waals surface area contributed by atoms with Gasteiger partial charge in [0.1, 0.15) is 17.2 Å². The van der Waals surface area contributed by atoms with Gasteiger partial charge in [0.05, 0.1) is 18.9 Å². The predicted octanol–water partition coefficient (Wildman–Crippen LogP) is 4.15. The largest absolute Gasteiger partial charge is 0.508 e. The van der Waals surface area contributed by atoms with E-state index >= 15 is 0 Å². The smallest absolute Gasteiger partial charge is 0.145 e. The summed E-state index contributed by atoms with van der Waals surface area (Å²) in [7, 11) is 0. The van der Waals surface area contributed by atoms with E-state index in [1.54, 1.807) is 24.5 Å². The zero-order chi connectivity index (χ0) is 18.5. The first-order valence-corrected chi connectivity index (χ1v) is 9.06. The van der Waals surface area contributed by atoms with Crippen LogP contribution in [0.1, 0.15) is 17.2 Å². The molecule has 5 nitrogen and oxygen atoms in total. The maximum Gasteiger partial charge on any atom is 0.145 e. The van der Waals surface area contributed by atoms with Crippen LogP contribution in [0.4, 0.5) is 0 Å². The van der Waals surface area contributed by atoms with Crippen LogP contribution in [0.2, 0.25) is 0 Å². The van der Waals surface area contributed by atoms with Crippen molar-refractivity contribution in [2.24, 2.45) is 0 Å². The van der Waals surface area contributed by atoms with E-state index in [1.165, 1.54) is 0 Å². The third-order valence-corrected chi connectivity index (χ3v) is 4.62. The number of aromatic hydroxyl groups is 1. The Labute approximate surface area is 158 Å². The summed E-state index contributed by atoms with van der Waals surface area (Å²) in [6, 6.07) is 19.1. The summed E-state index contributed by atoms with van der Waals surface area (Å²) >= 11 is 0. The lowest BCUT2D eigenvalue weighted by Gasteiger charge is -2.33. The molecular weight excluding hydrogens is 340 g/mol. The number of phenols is 1. The van der Waals surface area contributed by atoms with Gasteiger partial charge in [-0.1, -0.05) is 30.3 Å². The van der Waals surface area contributed by atoms with Gasteiger partial charge in [0.15, 0.2) is 0 Å². The van der Waals surface area contributed by atoms with Gasteiger partial charge in [-0.15, -0.1) is 0 Å². The van der Waals surface area contributed by atoms with E-state index in [9.17, 15) is 5.11 Å². The number of aromatic nitrogens is 1. The summed E-state index contributed by atoms with van der Waals surface area (Å²) in [5.41, 5.74) is 2.12. The minimum Gasteiger partial charge on any atom is -0.508 e. The van der Waals surface area contributed by atoms with Crippen molar-refractivity contribution in [3.05, 3.63) is 84.2 Å². The van der Waals surface area contributed by atoms with E-state index < -0.39 is 0 Å².